The lowest BCUT2D eigenvalue weighted by Gasteiger charge is -2.06. The van der Waals surface area contributed by atoms with Crippen LogP contribution in [-0.2, 0) is 4.74 Å². The molecule has 1 nitrogen and oxygen atoms in total. The highest BCUT2D eigenvalue weighted by Gasteiger charge is 2.14. The lowest BCUT2D eigenvalue weighted by Crippen LogP contribution is -2.04. The first kappa shape index (κ1) is 8.35. The first-order valence-corrected chi connectivity index (χ1v) is 4.48. The third kappa shape index (κ3) is 2.89. The van der Waals surface area contributed by atoms with E-state index in [0.29, 0.717) is 6.10 Å². The van der Waals surface area contributed by atoms with Crippen molar-refractivity contribution >= 4 is 11.6 Å². The van der Waals surface area contributed by atoms with Crippen molar-refractivity contribution in [3.8, 4) is 0 Å². The molecule has 1 unspecified atom stereocenters. The Balaban J connectivity index is 1.91. The van der Waals surface area contributed by atoms with Crippen molar-refractivity contribution in [3.05, 3.63) is 6.42 Å². The van der Waals surface area contributed by atoms with Crippen molar-refractivity contribution in [2.24, 2.45) is 0 Å². The van der Waals surface area contributed by atoms with Crippen LogP contribution in [0.1, 0.15) is 25.7 Å². The zero-order valence-electron chi connectivity index (χ0n) is 6.18. The number of unbranched alkanes of at least 4 members (excludes halogenated alkanes) is 1. The molecular formula is C8H14ClO. The fourth-order valence-electron chi connectivity index (χ4n) is 1.17. The van der Waals surface area contributed by atoms with E-state index in [4.69, 9.17) is 16.3 Å². The molecule has 10 heavy (non-hydrogen) atoms. The van der Waals surface area contributed by atoms with E-state index in [1.807, 2.05) is 0 Å². The molecule has 1 atom stereocenters. The summed E-state index contributed by atoms with van der Waals surface area (Å²) in [5.41, 5.74) is 0. The van der Waals surface area contributed by atoms with Crippen LogP contribution >= 0.6 is 11.6 Å². The zero-order valence-corrected chi connectivity index (χ0v) is 6.94. The van der Waals surface area contributed by atoms with Crippen molar-refractivity contribution in [3.63, 3.8) is 0 Å². The highest BCUT2D eigenvalue weighted by Crippen LogP contribution is 2.16. The highest BCUT2D eigenvalue weighted by molar-refractivity contribution is 6.17. The van der Waals surface area contributed by atoms with Gasteiger partial charge in [0.1, 0.15) is 0 Å². The number of ether oxygens (including phenoxy) is 1. The van der Waals surface area contributed by atoms with Gasteiger partial charge in [-0.15, -0.1) is 11.6 Å². The number of hydrogen-bond donors (Lipinski definition) is 0. The minimum absolute atomic E-state index is 0.434. The Morgan fingerprint density at radius 1 is 1.60 bits per heavy atom. The molecule has 0 aromatic rings. The van der Waals surface area contributed by atoms with E-state index in [2.05, 4.69) is 6.42 Å². The monoisotopic (exact) mass is 161 g/mol. The maximum Gasteiger partial charge on any atom is 0.0607 e. The van der Waals surface area contributed by atoms with Gasteiger partial charge in [-0.2, -0.15) is 0 Å². The summed E-state index contributed by atoms with van der Waals surface area (Å²) in [7, 11) is 0. The Labute approximate surface area is 67.7 Å². The highest BCUT2D eigenvalue weighted by atomic mass is 35.5. The standard InChI is InChI=1S/C8H14ClO/c9-6-2-1-4-8-5-3-7-10-8/h4,8H,1-3,5-7H2. The first-order chi connectivity index (χ1) is 4.93. The summed E-state index contributed by atoms with van der Waals surface area (Å²) in [6.45, 7) is 0.946. The molecule has 1 radical (unpaired) electrons. The SMILES string of the molecule is ClCCC[CH]C1CCCO1. The van der Waals surface area contributed by atoms with Crippen LogP contribution in [0.3, 0.4) is 0 Å². The second-order valence-electron chi connectivity index (χ2n) is 2.62. The summed E-state index contributed by atoms with van der Waals surface area (Å²) in [5, 5.41) is 0. The molecule has 59 valence electrons. The molecule has 1 saturated heterocycles. The Morgan fingerprint density at radius 3 is 3.10 bits per heavy atom. The second kappa shape index (κ2) is 4.97. The van der Waals surface area contributed by atoms with E-state index in [-0.39, 0.29) is 0 Å². The van der Waals surface area contributed by atoms with Gasteiger partial charge >= 0.3 is 0 Å². The summed E-state index contributed by atoms with van der Waals surface area (Å²) in [6, 6.07) is 0. The molecule has 0 aromatic carbocycles. The Hall–Kier alpha value is 0.250. The molecule has 0 aromatic heterocycles. The lowest BCUT2D eigenvalue weighted by atomic mass is 10.1. The van der Waals surface area contributed by atoms with E-state index in [1.165, 1.54) is 12.8 Å². The van der Waals surface area contributed by atoms with Crippen LogP contribution in [0.15, 0.2) is 0 Å². The van der Waals surface area contributed by atoms with Crippen LogP contribution in [0.2, 0.25) is 0 Å². The normalized spacial score (nSPS) is 25.5. The zero-order chi connectivity index (χ0) is 7.23. The Morgan fingerprint density at radius 2 is 2.50 bits per heavy atom. The van der Waals surface area contributed by atoms with E-state index in [0.717, 1.165) is 25.3 Å². The van der Waals surface area contributed by atoms with Crippen LogP contribution in [0.5, 0.6) is 0 Å². The molecule has 1 heterocycles. The van der Waals surface area contributed by atoms with E-state index in [9.17, 15) is 0 Å². The van der Waals surface area contributed by atoms with Gasteiger partial charge < -0.3 is 4.74 Å². The molecule has 2 heteroatoms. The van der Waals surface area contributed by atoms with Crippen molar-refractivity contribution in [1.29, 1.82) is 0 Å². The number of hydrogen-bond acceptors (Lipinski definition) is 1. The average Bonchev–Trinajstić information content (AvgIpc) is 2.41. The second-order valence-corrected chi connectivity index (χ2v) is 3.00. The maximum atomic E-state index is 5.53. The van der Waals surface area contributed by atoms with Gasteiger partial charge in [0.2, 0.25) is 0 Å². The van der Waals surface area contributed by atoms with Crippen molar-refractivity contribution in [2.75, 3.05) is 12.5 Å². The summed E-state index contributed by atoms with van der Waals surface area (Å²) >= 11 is 5.53. The summed E-state index contributed by atoms with van der Waals surface area (Å²) in [5.74, 6) is 0.767. The molecule has 1 aliphatic heterocycles. The van der Waals surface area contributed by atoms with Gasteiger partial charge in [0.25, 0.3) is 0 Å². The molecule has 0 aliphatic carbocycles. The summed E-state index contributed by atoms with van der Waals surface area (Å²) < 4.78 is 5.40. The van der Waals surface area contributed by atoms with Crippen LogP contribution in [0, 0.1) is 6.42 Å². The smallest absolute Gasteiger partial charge is 0.0607 e. The van der Waals surface area contributed by atoms with Crippen molar-refractivity contribution < 1.29 is 4.74 Å². The fraction of sp³-hybridized carbons (Fsp3) is 0.875. The molecule has 0 saturated carbocycles. The van der Waals surface area contributed by atoms with Crippen molar-refractivity contribution in [1.82, 2.24) is 0 Å². The van der Waals surface area contributed by atoms with E-state index in [1.54, 1.807) is 0 Å². The molecule has 1 aliphatic rings. The van der Waals surface area contributed by atoms with Gasteiger partial charge in [-0.25, -0.2) is 0 Å². The molecular weight excluding hydrogens is 148 g/mol. The third-order valence-corrected chi connectivity index (χ3v) is 2.00. The van der Waals surface area contributed by atoms with Gasteiger partial charge in [0.15, 0.2) is 0 Å². The Bertz CT molecular complexity index is 79.3. The van der Waals surface area contributed by atoms with Crippen LogP contribution in [-0.4, -0.2) is 18.6 Å². The quantitative estimate of drug-likeness (QED) is 0.455. The first-order valence-electron chi connectivity index (χ1n) is 3.94. The van der Waals surface area contributed by atoms with E-state index >= 15 is 0 Å². The molecule has 1 rings (SSSR count). The molecule has 0 bridgehead atoms. The van der Waals surface area contributed by atoms with Gasteiger partial charge in [0.05, 0.1) is 6.10 Å². The predicted octanol–water partition coefficient (Wildman–Crippen LogP) is 2.39. The molecule has 0 N–H and O–H groups in total. The third-order valence-electron chi connectivity index (χ3n) is 1.73. The maximum absolute atomic E-state index is 5.53. The van der Waals surface area contributed by atoms with Crippen molar-refractivity contribution in [2.45, 2.75) is 31.8 Å². The Kier molecular flexibility index (Phi) is 4.15. The molecule has 0 spiro atoms. The minimum atomic E-state index is 0.434. The predicted molar refractivity (Wildman–Crippen MR) is 43.2 cm³/mol. The van der Waals surface area contributed by atoms with Gasteiger partial charge in [-0.1, -0.05) is 0 Å². The largest absolute Gasteiger partial charge is 0.378 e. The van der Waals surface area contributed by atoms with Gasteiger partial charge in [0, 0.05) is 12.5 Å². The van der Waals surface area contributed by atoms with Gasteiger partial charge in [-0.05, 0) is 32.1 Å². The number of alkyl halides is 1. The topological polar surface area (TPSA) is 9.23 Å². The minimum Gasteiger partial charge on any atom is -0.378 e. The fourth-order valence-corrected chi connectivity index (χ4v) is 1.32. The summed E-state index contributed by atoms with van der Waals surface area (Å²) in [6.07, 6.45) is 7.30. The number of halogens is 1. The number of rotatable bonds is 4. The molecule has 0 amide bonds. The lowest BCUT2D eigenvalue weighted by molar-refractivity contribution is 0.131. The summed E-state index contributed by atoms with van der Waals surface area (Å²) in [4.78, 5) is 0. The van der Waals surface area contributed by atoms with Crippen LogP contribution < -0.4 is 0 Å². The molecule has 1 fully saturated rings. The van der Waals surface area contributed by atoms with E-state index < -0.39 is 0 Å². The van der Waals surface area contributed by atoms with Crippen LogP contribution in [0.4, 0.5) is 0 Å². The van der Waals surface area contributed by atoms with Crippen LogP contribution in [0.25, 0.3) is 0 Å². The van der Waals surface area contributed by atoms with Gasteiger partial charge in [-0.3, -0.25) is 0 Å². The average molecular weight is 162 g/mol.